The number of H-pyrrole nitrogens is 1. The number of halogens is 2. The van der Waals surface area contributed by atoms with Crippen LogP contribution in [0.25, 0.3) is 6.08 Å². The predicted octanol–water partition coefficient (Wildman–Crippen LogP) is 8.67. The van der Waals surface area contributed by atoms with Crippen molar-refractivity contribution in [3.63, 3.8) is 0 Å². The van der Waals surface area contributed by atoms with E-state index < -0.39 is 5.92 Å². The van der Waals surface area contributed by atoms with Crippen LogP contribution >= 0.6 is 0 Å². The van der Waals surface area contributed by atoms with Gasteiger partial charge in [-0.1, -0.05) is 72.5 Å². The summed E-state index contributed by atoms with van der Waals surface area (Å²) in [6.07, 6.45) is 19.8. The normalized spacial score (nSPS) is 22.8. The molecule has 1 aromatic heterocycles. The van der Waals surface area contributed by atoms with Gasteiger partial charge in [-0.3, -0.25) is 9.98 Å². The zero-order valence-electron chi connectivity index (χ0n) is 27.7. The first-order valence-corrected chi connectivity index (χ1v) is 16.5. The van der Waals surface area contributed by atoms with Crippen molar-refractivity contribution in [2.75, 3.05) is 20.3 Å². The number of aliphatic imine (C=N–C) groups is 2. The van der Waals surface area contributed by atoms with E-state index in [0.29, 0.717) is 31.5 Å². The van der Waals surface area contributed by atoms with Crippen LogP contribution in [0, 0.1) is 16.7 Å². The fraction of sp³-hybridized carbons (Fsp3) is 0.657. The van der Waals surface area contributed by atoms with Gasteiger partial charge in [0.15, 0.2) is 0 Å². The van der Waals surface area contributed by atoms with Crippen LogP contribution in [-0.2, 0) is 6.54 Å². The molecule has 3 saturated carbocycles. The second-order valence-electron chi connectivity index (χ2n) is 12.5. The first-order chi connectivity index (χ1) is 21.1. The molecule has 44 heavy (non-hydrogen) atoms. The van der Waals surface area contributed by atoms with E-state index in [1.165, 1.54) is 38.3 Å². The second-order valence-corrected chi connectivity index (χ2v) is 12.5. The van der Waals surface area contributed by atoms with Gasteiger partial charge in [0.25, 0.3) is 0 Å². The maximum atomic E-state index is 12.2. The number of imidazole rings is 1. The van der Waals surface area contributed by atoms with Gasteiger partial charge >= 0.3 is 0 Å². The highest BCUT2D eigenvalue weighted by atomic mass is 19.3. The fourth-order valence-corrected chi connectivity index (χ4v) is 4.97. The molecule has 0 aromatic carbocycles. The molecule has 2 heterocycles. The number of hydrogen-bond donors (Lipinski definition) is 4. The Morgan fingerprint density at radius 1 is 1.14 bits per heavy atom. The molecular weight excluding hydrogens is 556 g/mol. The Hall–Kier alpha value is -2.94. The summed E-state index contributed by atoms with van der Waals surface area (Å²) in [6, 6.07) is 0. The van der Waals surface area contributed by atoms with Gasteiger partial charge in [-0.05, 0) is 68.2 Å². The number of aromatic nitrogens is 2. The van der Waals surface area contributed by atoms with E-state index in [1.807, 2.05) is 19.3 Å². The molecule has 1 aromatic rings. The third-order valence-corrected chi connectivity index (χ3v) is 8.32. The quantitative estimate of drug-likeness (QED) is 0.167. The van der Waals surface area contributed by atoms with Crippen molar-refractivity contribution in [1.82, 2.24) is 20.6 Å². The molecule has 7 nitrogen and oxygen atoms in total. The summed E-state index contributed by atoms with van der Waals surface area (Å²) >= 11 is 0. The van der Waals surface area contributed by atoms with Gasteiger partial charge in [0.05, 0.1) is 11.4 Å². The predicted molar refractivity (Wildman–Crippen MR) is 183 cm³/mol. The van der Waals surface area contributed by atoms with Crippen LogP contribution in [0.4, 0.5) is 8.78 Å². The van der Waals surface area contributed by atoms with E-state index in [9.17, 15) is 8.78 Å². The van der Waals surface area contributed by atoms with E-state index in [0.717, 1.165) is 72.4 Å². The summed E-state index contributed by atoms with van der Waals surface area (Å²) in [5.41, 5.74) is 5.61. The maximum Gasteiger partial charge on any atom is 0.248 e. The minimum Gasteiger partial charge on any atom is -0.385 e. The second kappa shape index (κ2) is 19.4. The molecule has 5 rings (SSSR count). The fourth-order valence-electron chi connectivity index (χ4n) is 4.97. The molecule has 0 radical (unpaired) electrons. The van der Waals surface area contributed by atoms with Crippen molar-refractivity contribution in [2.24, 2.45) is 21.3 Å². The molecule has 0 bridgehead atoms. The minimum atomic E-state index is -2.32. The molecule has 3 aliphatic carbocycles. The molecule has 0 amide bonds. The molecule has 3 fully saturated rings. The number of nitrogens with zero attached hydrogens (tertiary/aromatic N) is 3. The molecule has 2 atom stereocenters. The van der Waals surface area contributed by atoms with E-state index >= 15 is 0 Å². The molecule has 246 valence electrons. The molecule has 2 unspecified atom stereocenters. The Bertz CT molecular complexity index is 1120. The van der Waals surface area contributed by atoms with Crippen LogP contribution in [0.2, 0.25) is 0 Å². The lowest BCUT2D eigenvalue weighted by atomic mass is 9.97. The van der Waals surface area contributed by atoms with Gasteiger partial charge in [-0.25, -0.2) is 13.8 Å². The molecular formula is C35H57F2N7. The van der Waals surface area contributed by atoms with Gasteiger partial charge < -0.3 is 21.0 Å². The Balaban J connectivity index is 0.000000260. The molecule has 4 N–H and O–H groups in total. The minimum absolute atomic E-state index is 0.118. The topological polar surface area (TPSA) is 101 Å². The van der Waals surface area contributed by atoms with Gasteiger partial charge in [-0.15, -0.1) is 0 Å². The first kappa shape index (κ1) is 37.2. The third-order valence-electron chi connectivity index (χ3n) is 8.32. The zero-order chi connectivity index (χ0) is 32.4. The number of hydrogen-bond acceptors (Lipinski definition) is 6. The number of aromatic amines is 1. The smallest absolute Gasteiger partial charge is 0.248 e. The lowest BCUT2D eigenvalue weighted by Crippen LogP contribution is -2.18. The van der Waals surface area contributed by atoms with E-state index in [2.05, 4.69) is 64.5 Å². The van der Waals surface area contributed by atoms with Crippen molar-refractivity contribution >= 4 is 23.7 Å². The molecule has 1 aliphatic heterocycles. The third kappa shape index (κ3) is 14.7. The Morgan fingerprint density at radius 3 is 2.32 bits per heavy atom. The zero-order valence-corrected chi connectivity index (χ0v) is 27.7. The Morgan fingerprint density at radius 2 is 1.82 bits per heavy atom. The highest BCUT2D eigenvalue weighted by Crippen LogP contribution is 2.57. The van der Waals surface area contributed by atoms with Crippen molar-refractivity contribution in [2.45, 2.75) is 117 Å². The van der Waals surface area contributed by atoms with Crippen molar-refractivity contribution < 1.29 is 8.78 Å². The first-order valence-electron chi connectivity index (χ1n) is 16.5. The average Bonchev–Trinajstić information content (AvgIpc) is 3.90. The highest BCUT2D eigenvalue weighted by Gasteiger charge is 2.47. The summed E-state index contributed by atoms with van der Waals surface area (Å²) in [7, 11) is 1.90. The van der Waals surface area contributed by atoms with Crippen LogP contribution in [0.5, 0.6) is 0 Å². The summed E-state index contributed by atoms with van der Waals surface area (Å²) in [6.45, 7) is 16.5. The average molecular weight is 614 g/mol. The van der Waals surface area contributed by atoms with Crippen LogP contribution in [-0.4, -0.2) is 53.8 Å². The van der Waals surface area contributed by atoms with Crippen LogP contribution in [0.1, 0.15) is 116 Å². The summed E-state index contributed by atoms with van der Waals surface area (Å²) in [4.78, 5) is 15.9. The van der Waals surface area contributed by atoms with Crippen molar-refractivity contribution in [1.29, 1.82) is 5.41 Å². The summed E-state index contributed by atoms with van der Waals surface area (Å²) < 4.78 is 24.4. The summed E-state index contributed by atoms with van der Waals surface area (Å²) in [5.74, 6) is -0.783. The summed E-state index contributed by atoms with van der Waals surface area (Å²) in [5, 5.41) is 14.0. The molecule has 0 saturated heterocycles. The highest BCUT2D eigenvalue weighted by molar-refractivity contribution is 6.47. The van der Waals surface area contributed by atoms with Crippen LogP contribution < -0.4 is 10.6 Å². The maximum absolute atomic E-state index is 12.2. The van der Waals surface area contributed by atoms with Gasteiger partial charge in [-0.2, -0.15) is 0 Å². The number of nitrogens with one attached hydrogen (secondary N) is 4. The SMILES string of the molecule is C1CC1.C=C(CC1CC1(C)CC)NC/C(C=N)=C/c1ncc(CNC)[nH]1.C=CC1=NCN=C1CCC.FC1(F)CCCCC1. The van der Waals surface area contributed by atoms with E-state index in [1.54, 1.807) is 6.08 Å². The van der Waals surface area contributed by atoms with Gasteiger partial charge in [0.2, 0.25) is 5.92 Å². The monoisotopic (exact) mass is 613 g/mol. The molecule has 9 heteroatoms. The Labute approximate surface area is 264 Å². The molecule has 0 spiro atoms. The van der Waals surface area contributed by atoms with Crippen molar-refractivity contribution in [3.05, 3.63) is 48.2 Å². The van der Waals surface area contributed by atoms with E-state index in [4.69, 9.17) is 5.41 Å². The van der Waals surface area contributed by atoms with Crippen molar-refractivity contribution in [3.8, 4) is 0 Å². The van der Waals surface area contributed by atoms with Gasteiger partial charge in [0.1, 0.15) is 12.5 Å². The van der Waals surface area contributed by atoms with Crippen LogP contribution in [0.15, 0.2) is 46.7 Å². The molecule has 4 aliphatic rings. The number of rotatable bonds is 13. The van der Waals surface area contributed by atoms with Crippen LogP contribution in [0.3, 0.4) is 0 Å². The van der Waals surface area contributed by atoms with E-state index in [-0.39, 0.29) is 12.8 Å². The lowest BCUT2D eigenvalue weighted by molar-refractivity contribution is -0.0337. The van der Waals surface area contributed by atoms with Gasteiger partial charge in [0, 0.05) is 49.7 Å². The Kier molecular flexibility index (Phi) is 16.5. The standard InChI is InChI=1S/C18H29N5.C8H12N2.C6H10F2.C3H6/c1-5-18(3)8-15(18)6-13(2)21-10-14(9-19)7-17-22-12-16(23-17)11-20-4;1-3-5-8-7(4-2)9-6-10-8;7-6(8)4-2-1-3-5-6;1-2-3-1/h7,9,12,15,19-21H,2,5-6,8,10-11H2,1,3-4H3,(H,22,23);4H,2-3,5-6H2,1H3;1-5H2;1-3H2/b14-7+,19-9?;;;. The number of alkyl halides is 2. The largest absolute Gasteiger partial charge is 0.385 e. The number of allylic oxidation sites excluding steroid dienone is 2. The lowest BCUT2D eigenvalue weighted by Gasteiger charge is -2.20.